The molecule has 0 unspecified atom stereocenters. The van der Waals surface area contributed by atoms with Gasteiger partial charge in [-0.1, -0.05) is 22.4 Å². The molecule has 0 bridgehead atoms. The third-order valence-corrected chi connectivity index (χ3v) is 3.32. The lowest BCUT2D eigenvalue weighted by Crippen LogP contribution is -2.27. The highest BCUT2D eigenvalue weighted by molar-refractivity contribution is 9.09. The topological polar surface area (TPSA) is 20.3 Å². The number of alkyl halides is 1. The van der Waals surface area contributed by atoms with Crippen LogP contribution in [0.4, 0.5) is 4.39 Å². The van der Waals surface area contributed by atoms with Crippen LogP contribution in [0.25, 0.3) is 0 Å². The Kier molecular flexibility index (Phi) is 6.33. The smallest absolute Gasteiger partial charge is 0.253 e. The highest BCUT2D eigenvalue weighted by atomic mass is 79.9. The van der Waals surface area contributed by atoms with E-state index in [0.717, 1.165) is 30.2 Å². The van der Waals surface area contributed by atoms with Gasteiger partial charge in [-0.3, -0.25) is 4.79 Å². The van der Waals surface area contributed by atoms with E-state index in [-0.39, 0.29) is 11.7 Å². The highest BCUT2D eigenvalue weighted by Gasteiger charge is 2.12. The number of unbranched alkanes of at least 4 members (excludes halogenated alkanes) is 2. The van der Waals surface area contributed by atoms with Gasteiger partial charge in [-0.25, -0.2) is 4.39 Å². The summed E-state index contributed by atoms with van der Waals surface area (Å²) in [7, 11) is 1.76. The number of aryl methyl sites for hydroxylation is 1. The summed E-state index contributed by atoms with van der Waals surface area (Å²) in [4.78, 5) is 13.7. The molecule has 0 aromatic heterocycles. The molecule has 0 saturated heterocycles. The van der Waals surface area contributed by atoms with E-state index in [0.29, 0.717) is 12.1 Å². The highest BCUT2D eigenvalue weighted by Crippen LogP contribution is 2.11. The zero-order chi connectivity index (χ0) is 13.5. The molecular weight excluding hydrogens is 297 g/mol. The minimum atomic E-state index is -0.356. The molecule has 4 heteroatoms. The number of carbonyl (C=O) groups is 1. The van der Waals surface area contributed by atoms with Crippen molar-refractivity contribution in [3.63, 3.8) is 0 Å². The molecule has 0 aliphatic rings. The first-order valence-electron chi connectivity index (χ1n) is 6.13. The largest absolute Gasteiger partial charge is 0.342 e. The Hall–Kier alpha value is -0.900. The zero-order valence-corrected chi connectivity index (χ0v) is 12.5. The second-order valence-corrected chi connectivity index (χ2v) is 5.29. The minimum Gasteiger partial charge on any atom is -0.342 e. The summed E-state index contributed by atoms with van der Waals surface area (Å²) >= 11 is 3.38. The minimum absolute atomic E-state index is 0.114. The first-order valence-corrected chi connectivity index (χ1v) is 7.25. The number of amides is 1. The second kappa shape index (κ2) is 7.52. The molecule has 0 spiro atoms. The van der Waals surface area contributed by atoms with Gasteiger partial charge in [-0.15, -0.1) is 0 Å². The van der Waals surface area contributed by atoms with Crippen molar-refractivity contribution in [3.05, 3.63) is 35.1 Å². The predicted molar refractivity (Wildman–Crippen MR) is 75.7 cm³/mol. The number of carbonyl (C=O) groups excluding carboxylic acids is 1. The maximum Gasteiger partial charge on any atom is 0.253 e. The first-order chi connectivity index (χ1) is 8.54. The molecule has 1 rings (SSSR count). The van der Waals surface area contributed by atoms with Crippen LogP contribution in [0.15, 0.2) is 18.2 Å². The second-order valence-electron chi connectivity index (χ2n) is 4.49. The molecule has 0 radical (unpaired) electrons. The Morgan fingerprint density at radius 2 is 2.00 bits per heavy atom. The van der Waals surface area contributed by atoms with Crippen molar-refractivity contribution in [3.8, 4) is 0 Å². The maximum absolute atomic E-state index is 13.2. The van der Waals surface area contributed by atoms with Gasteiger partial charge in [0, 0.05) is 24.5 Å². The first kappa shape index (κ1) is 15.2. The van der Waals surface area contributed by atoms with E-state index in [4.69, 9.17) is 0 Å². The summed E-state index contributed by atoms with van der Waals surface area (Å²) in [6.07, 6.45) is 3.17. The molecular formula is C14H19BrFNO. The molecule has 0 heterocycles. The van der Waals surface area contributed by atoms with Crippen LogP contribution in [0.1, 0.15) is 35.2 Å². The summed E-state index contributed by atoms with van der Waals surface area (Å²) in [6, 6.07) is 4.44. The van der Waals surface area contributed by atoms with Crippen LogP contribution in [0, 0.1) is 12.7 Å². The number of halogens is 2. The molecule has 0 aliphatic carbocycles. The van der Waals surface area contributed by atoms with E-state index in [9.17, 15) is 9.18 Å². The van der Waals surface area contributed by atoms with Crippen LogP contribution in [0.3, 0.4) is 0 Å². The van der Waals surface area contributed by atoms with Crippen LogP contribution in [0.5, 0.6) is 0 Å². The van der Waals surface area contributed by atoms with Crippen LogP contribution in [0.2, 0.25) is 0 Å². The molecule has 0 atom stereocenters. The Balaban J connectivity index is 2.57. The average Bonchev–Trinajstić information content (AvgIpc) is 2.32. The monoisotopic (exact) mass is 315 g/mol. The number of nitrogens with zero attached hydrogens (tertiary/aromatic N) is 1. The van der Waals surface area contributed by atoms with E-state index in [1.165, 1.54) is 12.1 Å². The van der Waals surface area contributed by atoms with Gasteiger partial charge in [0.1, 0.15) is 5.82 Å². The van der Waals surface area contributed by atoms with Crippen molar-refractivity contribution in [2.75, 3.05) is 18.9 Å². The third-order valence-electron chi connectivity index (χ3n) is 2.76. The molecule has 2 nitrogen and oxygen atoms in total. The van der Waals surface area contributed by atoms with Crippen LogP contribution in [-0.4, -0.2) is 29.7 Å². The fourth-order valence-corrected chi connectivity index (χ4v) is 2.20. The maximum atomic E-state index is 13.2. The van der Waals surface area contributed by atoms with E-state index >= 15 is 0 Å². The van der Waals surface area contributed by atoms with E-state index in [1.54, 1.807) is 24.9 Å². The van der Waals surface area contributed by atoms with Crippen molar-refractivity contribution in [1.82, 2.24) is 4.90 Å². The molecule has 1 amide bonds. The Morgan fingerprint density at radius 1 is 1.28 bits per heavy atom. The van der Waals surface area contributed by atoms with Crippen LogP contribution >= 0.6 is 15.9 Å². The Morgan fingerprint density at radius 3 is 2.61 bits per heavy atom. The van der Waals surface area contributed by atoms with Crippen molar-refractivity contribution in [1.29, 1.82) is 0 Å². The quantitative estimate of drug-likeness (QED) is 0.578. The average molecular weight is 316 g/mol. The van der Waals surface area contributed by atoms with Crippen molar-refractivity contribution in [2.45, 2.75) is 26.2 Å². The molecule has 0 N–H and O–H groups in total. The van der Waals surface area contributed by atoms with E-state index in [2.05, 4.69) is 15.9 Å². The van der Waals surface area contributed by atoms with Crippen molar-refractivity contribution in [2.24, 2.45) is 0 Å². The predicted octanol–water partition coefficient (Wildman–Crippen LogP) is 3.77. The van der Waals surface area contributed by atoms with Crippen LogP contribution in [-0.2, 0) is 0 Å². The summed E-state index contributed by atoms with van der Waals surface area (Å²) in [5, 5.41) is 0.994. The molecule has 0 aliphatic heterocycles. The normalized spacial score (nSPS) is 10.4. The van der Waals surface area contributed by atoms with Crippen molar-refractivity contribution < 1.29 is 9.18 Å². The lowest BCUT2D eigenvalue weighted by Gasteiger charge is -2.17. The number of hydrogen-bond acceptors (Lipinski definition) is 1. The molecule has 0 saturated carbocycles. The lowest BCUT2D eigenvalue weighted by atomic mass is 10.1. The molecule has 0 fully saturated rings. The Bertz CT molecular complexity index is 389. The van der Waals surface area contributed by atoms with Gasteiger partial charge in [0.05, 0.1) is 0 Å². The van der Waals surface area contributed by atoms with Gasteiger partial charge in [0.25, 0.3) is 5.91 Å². The molecule has 18 heavy (non-hydrogen) atoms. The van der Waals surface area contributed by atoms with E-state index in [1.807, 2.05) is 0 Å². The summed E-state index contributed by atoms with van der Waals surface area (Å²) < 4.78 is 13.2. The molecule has 1 aromatic rings. The summed E-state index contributed by atoms with van der Waals surface area (Å²) in [5.41, 5.74) is 1.20. The summed E-state index contributed by atoms with van der Waals surface area (Å²) in [6.45, 7) is 2.50. The zero-order valence-electron chi connectivity index (χ0n) is 10.9. The third kappa shape index (κ3) is 4.77. The van der Waals surface area contributed by atoms with Gasteiger partial charge >= 0.3 is 0 Å². The molecule has 1 aromatic carbocycles. The SMILES string of the molecule is Cc1cc(F)cc(C(=O)N(C)CCCCCBr)c1. The van der Waals surface area contributed by atoms with Gasteiger partial charge in [0.15, 0.2) is 0 Å². The number of hydrogen-bond donors (Lipinski definition) is 0. The van der Waals surface area contributed by atoms with E-state index < -0.39 is 0 Å². The van der Waals surface area contributed by atoms with Crippen molar-refractivity contribution >= 4 is 21.8 Å². The fraction of sp³-hybridized carbons (Fsp3) is 0.500. The standard InChI is InChI=1S/C14H19BrFNO/c1-11-8-12(10-13(16)9-11)14(18)17(2)7-5-3-4-6-15/h8-10H,3-7H2,1-2H3. The Labute approximate surface area is 116 Å². The molecule has 100 valence electrons. The van der Waals surface area contributed by atoms with Gasteiger partial charge in [0.2, 0.25) is 0 Å². The fourth-order valence-electron chi connectivity index (χ4n) is 1.80. The number of rotatable bonds is 6. The summed E-state index contributed by atoms with van der Waals surface area (Å²) in [5.74, 6) is -0.470. The lowest BCUT2D eigenvalue weighted by molar-refractivity contribution is 0.0792. The van der Waals surface area contributed by atoms with Gasteiger partial charge < -0.3 is 4.90 Å². The van der Waals surface area contributed by atoms with Crippen LogP contribution < -0.4 is 0 Å². The van der Waals surface area contributed by atoms with Gasteiger partial charge in [-0.05, 0) is 43.5 Å². The van der Waals surface area contributed by atoms with Gasteiger partial charge in [-0.2, -0.15) is 0 Å². The number of benzene rings is 1.